The van der Waals surface area contributed by atoms with E-state index in [9.17, 15) is 13.2 Å². The molecule has 0 aromatic rings. The summed E-state index contributed by atoms with van der Waals surface area (Å²) in [4.78, 5) is 13.7. The summed E-state index contributed by atoms with van der Waals surface area (Å²) in [6.45, 7) is 4.34. The van der Waals surface area contributed by atoms with Gasteiger partial charge in [-0.05, 0) is 25.8 Å². The number of hydrogen-bond acceptors (Lipinski definition) is 4. The molecular formula is C12H24N2O3S. The van der Waals surface area contributed by atoms with Gasteiger partial charge < -0.3 is 10.2 Å². The second-order valence-electron chi connectivity index (χ2n) is 5.06. The van der Waals surface area contributed by atoms with Crippen molar-refractivity contribution in [1.82, 2.24) is 10.2 Å². The van der Waals surface area contributed by atoms with Crippen LogP contribution in [0.5, 0.6) is 0 Å². The Hall–Kier alpha value is -0.620. The second-order valence-corrected chi connectivity index (χ2v) is 7.20. The maximum Gasteiger partial charge on any atom is 0.237 e. The monoisotopic (exact) mass is 276 g/mol. The standard InChI is InChI=1S/C12H24N2O3S/c1-3-4-8-14(9-11-6-5-7-13-11)12(15)10-18(2,16)17/h11,13H,3-10H2,1-2H3. The van der Waals surface area contributed by atoms with Gasteiger partial charge >= 0.3 is 0 Å². The Morgan fingerprint density at radius 2 is 2.17 bits per heavy atom. The molecule has 1 saturated heterocycles. The van der Waals surface area contributed by atoms with Crippen molar-refractivity contribution >= 4 is 15.7 Å². The van der Waals surface area contributed by atoms with Crippen LogP contribution in [0.2, 0.25) is 0 Å². The third-order valence-electron chi connectivity index (χ3n) is 3.12. The van der Waals surface area contributed by atoms with Crippen molar-refractivity contribution in [1.29, 1.82) is 0 Å². The summed E-state index contributed by atoms with van der Waals surface area (Å²) < 4.78 is 22.4. The third kappa shape index (κ3) is 5.82. The molecule has 0 spiro atoms. The van der Waals surface area contributed by atoms with Crippen LogP contribution in [-0.2, 0) is 14.6 Å². The van der Waals surface area contributed by atoms with Crippen LogP contribution >= 0.6 is 0 Å². The number of amides is 1. The van der Waals surface area contributed by atoms with E-state index in [1.165, 1.54) is 0 Å². The minimum atomic E-state index is -3.24. The molecule has 0 radical (unpaired) electrons. The molecule has 0 bridgehead atoms. The predicted molar refractivity (Wildman–Crippen MR) is 72.2 cm³/mol. The summed E-state index contributed by atoms with van der Waals surface area (Å²) in [5.74, 6) is -0.636. The highest BCUT2D eigenvalue weighted by Gasteiger charge is 2.23. The number of unbranched alkanes of at least 4 members (excludes halogenated alkanes) is 1. The van der Waals surface area contributed by atoms with E-state index < -0.39 is 9.84 Å². The predicted octanol–water partition coefficient (Wildman–Crippen LogP) is 0.412. The Morgan fingerprint density at radius 1 is 1.44 bits per heavy atom. The van der Waals surface area contributed by atoms with Gasteiger partial charge in [-0.3, -0.25) is 4.79 Å². The topological polar surface area (TPSA) is 66.5 Å². The van der Waals surface area contributed by atoms with Crippen LogP contribution in [0.25, 0.3) is 0 Å². The average molecular weight is 276 g/mol. The van der Waals surface area contributed by atoms with Crippen LogP contribution in [0, 0.1) is 0 Å². The molecule has 1 aliphatic heterocycles. The number of nitrogens with one attached hydrogen (secondary N) is 1. The molecule has 106 valence electrons. The molecule has 0 aromatic heterocycles. The maximum atomic E-state index is 12.0. The fraction of sp³-hybridized carbons (Fsp3) is 0.917. The molecule has 1 unspecified atom stereocenters. The summed E-state index contributed by atoms with van der Waals surface area (Å²) in [7, 11) is -3.24. The number of rotatable bonds is 7. The van der Waals surface area contributed by atoms with Crippen molar-refractivity contribution in [3.8, 4) is 0 Å². The van der Waals surface area contributed by atoms with Crippen molar-refractivity contribution < 1.29 is 13.2 Å². The Kier molecular flexibility index (Phi) is 6.08. The summed E-state index contributed by atoms with van der Waals surface area (Å²) in [5, 5.41) is 3.34. The lowest BCUT2D eigenvalue weighted by atomic mass is 10.2. The van der Waals surface area contributed by atoms with Crippen molar-refractivity contribution in [2.45, 2.75) is 38.6 Å². The zero-order valence-corrected chi connectivity index (χ0v) is 12.1. The van der Waals surface area contributed by atoms with Crippen LogP contribution in [0.15, 0.2) is 0 Å². The Balaban J connectivity index is 2.55. The average Bonchev–Trinajstić information content (AvgIpc) is 2.74. The first kappa shape index (κ1) is 15.4. The number of carbonyl (C=O) groups is 1. The Labute approximate surface area is 110 Å². The highest BCUT2D eigenvalue weighted by Crippen LogP contribution is 2.08. The van der Waals surface area contributed by atoms with Gasteiger partial charge in [-0.25, -0.2) is 8.42 Å². The minimum absolute atomic E-state index is 0.264. The highest BCUT2D eigenvalue weighted by atomic mass is 32.2. The smallest absolute Gasteiger partial charge is 0.237 e. The summed E-state index contributed by atoms with van der Waals surface area (Å²) in [6.07, 6.45) is 5.22. The van der Waals surface area contributed by atoms with Gasteiger partial charge in [0.25, 0.3) is 0 Å². The van der Waals surface area contributed by atoms with Crippen molar-refractivity contribution in [2.75, 3.05) is 31.6 Å². The van der Waals surface area contributed by atoms with Gasteiger partial charge in [-0.1, -0.05) is 13.3 Å². The van der Waals surface area contributed by atoms with Gasteiger partial charge in [-0.2, -0.15) is 0 Å². The first-order valence-corrected chi connectivity index (χ1v) is 8.67. The molecule has 6 heteroatoms. The van der Waals surface area contributed by atoms with Crippen LogP contribution in [0.3, 0.4) is 0 Å². The van der Waals surface area contributed by atoms with Crippen LogP contribution < -0.4 is 5.32 Å². The lowest BCUT2D eigenvalue weighted by Gasteiger charge is -2.25. The molecule has 0 aromatic carbocycles. The minimum Gasteiger partial charge on any atom is -0.340 e. The molecule has 0 saturated carbocycles. The fourth-order valence-electron chi connectivity index (χ4n) is 2.16. The van der Waals surface area contributed by atoms with Crippen molar-refractivity contribution in [2.24, 2.45) is 0 Å². The van der Waals surface area contributed by atoms with Crippen LogP contribution in [-0.4, -0.2) is 56.9 Å². The molecule has 1 amide bonds. The first-order chi connectivity index (χ1) is 8.42. The lowest BCUT2D eigenvalue weighted by Crippen LogP contribution is -2.43. The molecule has 1 aliphatic rings. The van der Waals surface area contributed by atoms with Crippen LogP contribution in [0.4, 0.5) is 0 Å². The molecule has 18 heavy (non-hydrogen) atoms. The number of sulfone groups is 1. The first-order valence-electron chi connectivity index (χ1n) is 6.61. The number of hydrogen-bond donors (Lipinski definition) is 1. The lowest BCUT2D eigenvalue weighted by molar-refractivity contribution is -0.128. The summed E-state index contributed by atoms with van der Waals surface area (Å²) in [5.41, 5.74) is 0. The van der Waals surface area contributed by atoms with Gasteiger partial charge in [-0.15, -0.1) is 0 Å². The van der Waals surface area contributed by atoms with E-state index in [-0.39, 0.29) is 11.7 Å². The number of nitrogens with zero attached hydrogens (tertiary/aromatic N) is 1. The van der Waals surface area contributed by atoms with Gasteiger partial charge in [0.05, 0.1) is 0 Å². The summed E-state index contributed by atoms with van der Waals surface area (Å²) in [6, 6.07) is 0.324. The second kappa shape index (κ2) is 7.09. The van der Waals surface area contributed by atoms with E-state index in [1.54, 1.807) is 4.90 Å². The zero-order chi connectivity index (χ0) is 13.6. The third-order valence-corrected chi connectivity index (χ3v) is 3.89. The van der Waals surface area contributed by atoms with Crippen molar-refractivity contribution in [3.63, 3.8) is 0 Å². The van der Waals surface area contributed by atoms with E-state index in [1.807, 2.05) is 0 Å². The highest BCUT2D eigenvalue weighted by molar-refractivity contribution is 7.91. The number of carbonyl (C=O) groups excluding carboxylic acids is 1. The van der Waals surface area contributed by atoms with Crippen LogP contribution in [0.1, 0.15) is 32.6 Å². The SMILES string of the molecule is CCCCN(CC1CCCN1)C(=O)CS(C)(=O)=O. The van der Waals surface area contributed by atoms with Gasteiger partial charge in [0.1, 0.15) is 5.75 Å². The van der Waals surface area contributed by atoms with E-state index in [4.69, 9.17) is 0 Å². The van der Waals surface area contributed by atoms with Gasteiger partial charge in [0.2, 0.25) is 5.91 Å². The molecule has 1 heterocycles. The molecule has 1 rings (SSSR count). The zero-order valence-electron chi connectivity index (χ0n) is 11.3. The van der Waals surface area contributed by atoms with Gasteiger partial charge in [0, 0.05) is 25.4 Å². The van der Waals surface area contributed by atoms with Gasteiger partial charge in [0.15, 0.2) is 9.84 Å². The van der Waals surface area contributed by atoms with E-state index >= 15 is 0 Å². The molecule has 5 nitrogen and oxygen atoms in total. The van der Waals surface area contributed by atoms with E-state index in [2.05, 4.69) is 12.2 Å². The molecule has 1 N–H and O–H groups in total. The molecule has 1 fully saturated rings. The fourth-order valence-corrected chi connectivity index (χ4v) is 2.79. The Bertz CT molecular complexity index is 362. The molecule has 0 aliphatic carbocycles. The summed E-state index contributed by atoms with van der Waals surface area (Å²) >= 11 is 0. The molecular weight excluding hydrogens is 252 g/mol. The van der Waals surface area contributed by atoms with E-state index in [0.29, 0.717) is 19.1 Å². The maximum absolute atomic E-state index is 12.0. The van der Waals surface area contributed by atoms with E-state index in [0.717, 1.165) is 38.5 Å². The largest absolute Gasteiger partial charge is 0.340 e. The van der Waals surface area contributed by atoms with Crippen molar-refractivity contribution in [3.05, 3.63) is 0 Å². The quantitative estimate of drug-likeness (QED) is 0.731. The Morgan fingerprint density at radius 3 is 2.67 bits per heavy atom. The normalized spacial score (nSPS) is 20.0. The molecule has 1 atom stereocenters.